The van der Waals surface area contributed by atoms with Crippen molar-refractivity contribution in [2.45, 2.75) is 147 Å². The average molecular weight is 1060 g/mol. The highest BCUT2D eigenvalue weighted by Crippen LogP contribution is 2.17. The molecule has 27 heteroatoms. The lowest BCUT2D eigenvalue weighted by Gasteiger charge is -2.29. The van der Waals surface area contributed by atoms with E-state index in [0.717, 1.165) is 0 Å². The van der Waals surface area contributed by atoms with Crippen LogP contribution >= 0.6 is 0 Å². The van der Waals surface area contributed by atoms with E-state index in [1.54, 1.807) is 51.1 Å². The number of nitrogens with zero attached hydrogens (tertiary/aromatic N) is 1. The molecular formula is C48H82N16O11+2. The summed E-state index contributed by atoms with van der Waals surface area (Å²) < 4.78 is 0. The molecule has 418 valence electrons. The molecule has 0 saturated carbocycles. The Bertz CT molecular complexity index is 2150. The molecule has 75 heavy (non-hydrogen) atoms. The number of benzene rings is 1. The smallest absolute Gasteiger partial charge is 0.338 e. The SMILES string of the molecule is CC[C@H](C)[C@@H](C=O)NC(=O)[C@@H](NC(=O)[C@@H](NC(=O)[C@H](Cc1ccccc1)NC(=O)[C@H](C)NC(=O)[C@H](CCC[NH+]=C(N)N)NC(=O)CNC(=O)[C@@H]1CCCN1C(=O)CNC(=O)[C@@H](N)CCC[NH+]=C(N)N)C(C)C)[C@@H](C)O. The summed E-state index contributed by atoms with van der Waals surface area (Å²) in [5.41, 5.74) is 28.3. The number of hydrogen-bond donors (Lipinski definition) is 16. The largest absolute Gasteiger partial charge is 0.391 e. The Hall–Kier alpha value is -7.42. The molecule has 0 unspecified atom stereocenters. The van der Waals surface area contributed by atoms with Crippen molar-refractivity contribution < 1.29 is 63.0 Å². The summed E-state index contributed by atoms with van der Waals surface area (Å²) in [7, 11) is 0. The number of carbonyl (C=O) groups is 10. The van der Waals surface area contributed by atoms with Crippen molar-refractivity contribution in [2.24, 2.45) is 40.5 Å². The van der Waals surface area contributed by atoms with Crippen molar-refractivity contribution in [1.82, 2.24) is 47.4 Å². The molecule has 0 aromatic heterocycles. The van der Waals surface area contributed by atoms with Gasteiger partial charge in [-0.05, 0) is 69.8 Å². The average Bonchev–Trinajstić information content (AvgIpc) is 3.87. The number of rotatable bonds is 32. The Morgan fingerprint density at radius 1 is 0.707 bits per heavy atom. The third kappa shape index (κ3) is 22.7. The van der Waals surface area contributed by atoms with Gasteiger partial charge in [0.15, 0.2) is 0 Å². The van der Waals surface area contributed by atoms with Gasteiger partial charge in [-0.15, -0.1) is 0 Å². The summed E-state index contributed by atoms with van der Waals surface area (Å²) >= 11 is 0. The van der Waals surface area contributed by atoms with Gasteiger partial charge in [-0.2, -0.15) is 0 Å². The highest BCUT2D eigenvalue weighted by atomic mass is 16.3. The van der Waals surface area contributed by atoms with Crippen LogP contribution in [0.4, 0.5) is 0 Å². The maximum absolute atomic E-state index is 14.1. The van der Waals surface area contributed by atoms with E-state index in [1.165, 1.54) is 18.7 Å². The molecule has 2 rings (SSSR count). The van der Waals surface area contributed by atoms with Gasteiger partial charge in [-0.25, -0.2) is 0 Å². The summed E-state index contributed by atoms with van der Waals surface area (Å²) in [6.45, 7) is 9.33. The van der Waals surface area contributed by atoms with Crippen LogP contribution in [0, 0.1) is 11.8 Å². The summed E-state index contributed by atoms with van der Waals surface area (Å²) in [6, 6.07) is -0.755. The Kier molecular flexibility index (Phi) is 27.8. The molecule has 9 amide bonds. The minimum absolute atomic E-state index is 0.00302. The van der Waals surface area contributed by atoms with Crippen molar-refractivity contribution in [1.29, 1.82) is 0 Å². The van der Waals surface area contributed by atoms with Crippen LogP contribution in [0.2, 0.25) is 0 Å². The van der Waals surface area contributed by atoms with Gasteiger partial charge < -0.3 is 63.1 Å². The summed E-state index contributed by atoms with van der Waals surface area (Å²) in [6.07, 6.45) is 1.47. The Morgan fingerprint density at radius 2 is 1.29 bits per heavy atom. The van der Waals surface area contributed by atoms with Crippen LogP contribution in [0.25, 0.3) is 0 Å². The second-order valence-corrected chi connectivity index (χ2v) is 19.0. The number of carbonyl (C=O) groups excluding carboxylic acids is 10. The van der Waals surface area contributed by atoms with E-state index in [1.807, 2.05) is 6.92 Å². The molecule has 0 spiro atoms. The van der Waals surface area contributed by atoms with E-state index in [4.69, 9.17) is 28.7 Å². The zero-order chi connectivity index (χ0) is 56.4. The molecule has 27 nitrogen and oxygen atoms in total. The lowest BCUT2D eigenvalue weighted by Crippen LogP contribution is -2.78. The highest BCUT2D eigenvalue weighted by molar-refractivity contribution is 5.97. The Labute approximate surface area is 437 Å². The fraction of sp³-hybridized carbons (Fsp3) is 0.625. The third-order valence-corrected chi connectivity index (χ3v) is 12.4. The maximum Gasteiger partial charge on any atom is 0.338 e. The number of nitrogens with one attached hydrogen (secondary N) is 10. The number of guanidine groups is 2. The number of aldehydes is 1. The zero-order valence-electron chi connectivity index (χ0n) is 43.9. The number of likely N-dealkylation sites (tertiary alicyclic amines) is 1. The molecule has 1 fully saturated rings. The van der Waals surface area contributed by atoms with Crippen molar-refractivity contribution in [3.8, 4) is 0 Å². The number of nitrogens with two attached hydrogens (primary N) is 5. The predicted molar refractivity (Wildman–Crippen MR) is 275 cm³/mol. The van der Waals surface area contributed by atoms with Crippen LogP contribution in [0.15, 0.2) is 30.3 Å². The van der Waals surface area contributed by atoms with Crippen molar-refractivity contribution in [3.05, 3.63) is 35.9 Å². The van der Waals surface area contributed by atoms with Crippen LogP contribution in [0.3, 0.4) is 0 Å². The lowest BCUT2D eigenvalue weighted by molar-refractivity contribution is -0.460. The van der Waals surface area contributed by atoms with Gasteiger partial charge in [-0.3, -0.25) is 76.1 Å². The van der Waals surface area contributed by atoms with Crippen LogP contribution in [0.5, 0.6) is 0 Å². The first-order chi connectivity index (χ1) is 35.4. The monoisotopic (exact) mass is 1060 g/mol. The lowest BCUT2D eigenvalue weighted by atomic mass is 9.98. The van der Waals surface area contributed by atoms with E-state index >= 15 is 0 Å². The predicted octanol–water partition coefficient (Wildman–Crippen LogP) is -8.74. The van der Waals surface area contributed by atoms with Crippen molar-refractivity contribution in [2.75, 3.05) is 32.7 Å². The number of aliphatic hydroxyl groups excluding tert-OH is 1. The van der Waals surface area contributed by atoms with Gasteiger partial charge in [0, 0.05) is 13.0 Å². The Balaban J connectivity index is 2.17. The second-order valence-electron chi connectivity index (χ2n) is 19.0. The van der Waals surface area contributed by atoms with Crippen LogP contribution in [-0.4, -0.2) is 169 Å². The second kappa shape index (κ2) is 32.7. The first kappa shape index (κ1) is 63.7. The van der Waals surface area contributed by atoms with Crippen molar-refractivity contribution in [3.63, 3.8) is 0 Å². The molecule has 10 atom stereocenters. The van der Waals surface area contributed by atoms with Gasteiger partial charge in [0.2, 0.25) is 53.2 Å². The van der Waals surface area contributed by atoms with E-state index < -0.39 is 127 Å². The van der Waals surface area contributed by atoms with E-state index in [0.29, 0.717) is 37.7 Å². The van der Waals surface area contributed by atoms with Gasteiger partial charge in [-0.1, -0.05) is 64.4 Å². The molecule has 1 aliphatic heterocycles. The summed E-state index contributed by atoms with van der Waals surface area (Å²) in [5, 5.41) is 31.0. The fourth-order valence-corrected chi connectivity index (χ4v) is 7.75. The highest BCUT2D eigenvalue weighted by Gasteiger charge is 2.37. The fourth-order valence-electron chi connectivity index (χ4n) is 7.75. The quantitative estimate of drug-likeness (QED) is 0.0138. The Morgan fingerprint density at radius 3 is 1.87 bits per heavy atom. The van der Waals surface area contributed by atoms with Gasteiger partial charge in [0.25, 0.3) is 0 Å². The third-order valence-electron chi connectivity index (χ3n) is 12.4. The van der Waals surface area contributed by atoms with Gasteiger partial charge in [0.1, 0.15) is 42.5 Å². The molecule has 0 aliphatic carbocycles. The molecule has 21 N–H and O–H groups in total. The van der Waals surface area contributed by atoms with E-state index in [2.05, 4.69) is 52.5 Å². The topological polar surface area (TPSA) is 448 Å². The van der Waals surface area contributed by atoms with Crippen LogP contribution in [0.1, 0.15) is 92.1 Å². The molecule has 1 aromatic rings. The maximum atomic E-state index is 14.1. The standard InChI is InChI=1S/C48H80N16O11/c1-7-27(4)34(25-65)61-46(75)39(29(6)66)63-45(74)38(26(2)3)62-43(72)33(22-30-14-9-8-10-15-30)60-40(69)28(5)58-42(71)32(17-12-20-55-48(52)53)59-36(67)23-56-44(73)35-18-13-21-64(35)37(68)24-57-41(70)31(49)16-11-19-54-47(50)51/h8-10,14-15,25-29,31-35,38-39,66H,7,11-13,16-24,49H2,1-6H3,(H,56,73)(H,57,70)(H,58,71)(H,59,67)(H,60,69)(H,61,75)(H,62,72)(H,63,74)(H4,50,51,54)(H4,52,53,55)/p+2/t27-,28-,29+,31-,32-,33-,34+,35-,38-,39-/m0/s1. The summed E-state index contributed by atoms with van der Waals surface area (Å²) in [5.74, 6) is -7.40. The first-order valence-electron chi connectivity index (χ1n) is 25.2. The number of hydrogen-bond acceptors (Lipinski definition) is 12. The zero-order valence-corrected chi connectivity index (χ0v) is 43.9. The number of amides is 9. The molecule has 1 aliphatic rings. The molecular weight excluding hydrogens is 977 g/mol. The summed E-state index contributed by atoms with van der Waals surface area (Å²) in [4.78, 5) is 139. The van der Waals surface area contributed by atoms with Gasteiger partial charge >= 0.3 is 11.9 Å². The van der Waals surface area contributed by atoms with E-state index in [-0.39, 0.29) is 63.0 Å². The van der Waals surface area contributed by atoms with Crippen LogP contribution < -0.4 is 81.2 Å². The molecule has 1 saturated heterocycles. The molecule has 0 radical (unpaired) electrons. The number of aliphatic hydroxyl groups is 1. The van der Waals surface area contributed by atoms with Gasteiger partial charge in [0.05, 0.1) is 44.4 Å². The molecule has 1 heterocycles. The minimum atomic E-state index is -1.49. The van der Waals surface area contributed by atoms with E-state index in [9.17, 15) is 53.1 Å². The normalized spacial score (nSPS) is 16.6. The minimum Gasteiger partial charge on any atom is -0.391 e. The molecule has 1 aromatic carbocycles. The van der Waals surface area contributed by atoms with Crippen molar-refractivity contribution >= 4 is 71.4 Å². The first-order valence-corrected chi connectivity index (χ1v) is 25.2. The molecule has 0 bridgehead atoms. The van der Waals surface area contributed by atoms with Crippen LogP contribution in [-0.2, 0) is 54.4 Å².